The highest BCUT2D eigenvalue weighted by atomic mass is 16.1. The number of carbonyl (C=O) groups is 2. The number of pyridine rings is 1. The molecule has 0 bridgehead atoms. The lowest BCUT2D eigenvalue weighted by atomic mass is 9.89. The maximum atomic E-state index is 13.5. The minimum atomic E-state index is -0.176. The molecule has 1 heterocycles. The van der Waals surface area contributed by atoms with Crippen LogP contribution in [0.2, 0.25) is 0 Å². The summed E-state index contributed by atoms with van der Waals surface area (Å²) in [5.74, 6) is -0.339. The first-order chi connectivity index (χ1) is 13.9. The van der Waals surface area contributed by atoms with Gasteiger partial charge >= 0.3 is 0 Å². The molecule has 1 N–H and O–H groups in total. The van der Waals surface area contributed by atoms with Crippen molar-refractivity contribution >= 4 is 23.0 Å². The van der Waals surface area contributed by atoms with Crippen LogP contribution in [0.4, 0.5) is 5.69 Å². The number of hydrogen-bond donors (Lipinski definition) is 1. The van der Waals surface area contributed by atoms with Crippen molar-refractivity contribution in [3.63, 3.8) is 0 Å². The molecule has 4 nitrogen and oxygen atoms in total. The van der Waals surface area contributed by atoms with E-state index in [9.17, 15) is 9.59 Å². The van der Waals surface area contributed by atoms with E-state index in [0.717, 1.165) is 27.9 Å². The first-order valence-corrected chi connectivity index (χ1v) is 9.62. The number of nitrogens with zero attached hydrogens (tertiary/aromatic N) is 1. The van der Waals surface area contributed by atoms with Crippen molar-refractivity contribution in [3.8, 4) is 0 Å². The van der Waals surface area contributed by atoms with Gasteiger partial charge in [-0.05, 0) is 44.9 Å². The Balaban J connectivity index is 1.99. The van der Waals surface area contributed by atoms with Gasteiger partial charge in [0.1, 0.15) is 0 Å². The van der Waals surface area contributed by atoms with Gasteiger partial charge < -0.3 is 5.32 Å². The number of Topliss-reactive ketones (excluding diaryl/α,β-unsaturated/α-hetero) is 2. The fourth-order valence-corrected chi connectivity index (χ4v) is 3.90. The zero-order valence-electron chi connectivity index (χ0n) is 17.0. The predicted octanol–water partition coefficient (Wildman–Crippen LogP) is 4.57. The molecule has 1 aliphatic carbocycles. The smallest absolute Gasteiger partial charge is 0.286 e. The summed E-state index contributed by atoms with van der Waals surface area (Å²) in [4.78, 5) is 26.9. The molecule has 0 aliphatic heterocycles. The number of benzene rings is 2. The van der Waals surface area contributed by atoms with Crippen molar-refractivity contribution < 1.29 is 14.2 Å². The maximum absolute atomic E-state index is 13.5. The number of allylic oxidation sites excluding steroid dienone is 2. The number of rotatable bonds is 3. The molecule has 29 heavy (non-hydrogen) atoms. The highest BCUT2D eigenvalue weighted by Gasteiger charge is 2.39. The molecule has 0 fully saturated rings. The summed E-state index contributed by atoms with van der Waals surface area (Å²) < 4.78 is 1.77. The summed E-state index contributed by atoms with van der Waals surface area (Å²) in [6.07, 6.45) is 3.77. The third kappa shape index (κ3) is 3.27. The molecule has 0 spiro atoms. The second-order valence-electron chi connectivity index (χ2n) is 7.62. The van der Waals surface area contributed by atoms with Crippen LogP contribution in [0.1, 0.15) is 43.0 Å². The molecule has 3 aromatic rings. The van der Waals surface area contributed by atoms with Gasteiger partial charge in [0.15, 0.2) is 18.1 Å². The van der Waals surface area contributed by atoms with Crippen LogP contribution >= 0.6 is 0 Å². The first-order valence-electron chi connectivity index (χ1n) is 9.62. The SMILES string of the molecule is Cc1cc(C)c[n+](C2=C(Nc3c(C)cccc3C)C(=O)c3ccccc3C2=O)c1. The molecule has 0 unspecified atom stereocenters. The zero-order chi connectivity index (χ0) is 20.7. The zero-order valence-corrected chi connectivity index (χ0v) is 17.0. The molecule has 0 saturated heterocycles. The normalized spacial score (nSPS) is 13.5. The van der Waals surface area contributed by atoms with Crippen LogP contribution in [-0.2, 0) is 0 Å². The molecule has 4 rings (SSSR count). The van der Waals surface area contributed by atoms with Gasteiger partial charge in [0.05, 0.1) is 0 Å². The molecule has 144 valence electrons. The van der Waals surface area contributed by atoms with Gasteiger partial charge in [0.25, 0.3) is 11.5 Å². The number of nitrogens with one attached hydrogen (secondary N) is 1. The summed E-state index contributed by atoms with van der Waals surface area (Å²) in [5, 5.41) is 3.31. The molecular weight excluding hydrogens is 360 g/mol. The highest BCUT2D eigenvalue weighted by Crippen LogP contribution is 2.30. The Bertz CT molecular complexity index is 1160. The van der Waals surface area contributed by atoms with Gasteiger partial charge in [-0.15, -0.1) is 0 Å². The minimum absolute atomic E-state index is 0.163. The van der Waals surface area contributed by atoms with Crippen LogP contribution in [0.3, 0.4) is 0 Å². The van der Waals surface area contributed by atoms with E-state index in [-0.39, 0.29) is 11.6 Å². The first kappa shape index (κ1) is 18.8. The monoisotopic (exact) mass is 383 g/mol. The van der Waals surface area contributed by atoms with Crippen LogP contribution < -0.4 is 9.88 Å². The second kappa shape index (κ2) is 7.13. The number of aryl methyl sites for hydroxylation is 4. The molecular formula is C25H23N2O2+. The molecule has 4 heteroatoms. The Kier molecular flexibility index (Phi) is 4.63. The van der Waals surface area contributed by atoms with Crippen molar-refractivity contribution in [1.29, 1.82) is 0 Å². The molecule has 0 amide bonds. The summed E-state index contributed by atoms with van der Waals surface area (Å²) in [6.45, 7) is 7.93. The Labute approximate surface area is 170 Å². The van der Waals surface area contributed by atoms with Crippen LogP contribution in [-0.4, -0.2) is 11.6 Å². The number of fused-ring (bicyclic) bond motifs is 1. The number of ketones is 2. The summed E-state index contributed by atoms with van der Waals surface area (Å²) in [6, 6.07) is 15.0. The third-order valence-corrected chi connectivity index (χ3v) is 5.23. The third-order valence-electron chi connectivity index (χ3n) is 5.23. The minimum Gasteiger partial charge on any atom is -0.346 e. The van der Waals surface area contributed by atoms with Crippen molar-refractivity contribution in [2.75, 3.05) is 5.32 Å². The van der Waals surface area contributed by atoms with Crippen molar-refractivity contribution in [2.45, 2.75) is 27.7 Å². The number of carbonyl (C=O) groups excluding carboxylic acids is 2. The lowest BCUT2D eigenvalue weighted by molar-refractivity contribution is -0.578. The Morgan fingerprint density at radius 3 is 1.86 bits per heavy atom. The van der Waals surface area contributed by atoms with Crippen molar-refractivity contribution in [1.82, 2.24) is 0 Å². The predicted molar refractivity (Wildman–Crippen MR) is 114 cm³/mol. The number of hydrogen-bond acceptors (Lipinski definition) is 3. The van der Waals surface area contributed by atoms with E-state index in [4.69, 9.17) is 0 Å². The average Bonchev–Trinajstić information content (AvgIpc) is 2.67. The Hall–Kier alpha value is -3.53. The van der Waals surface area contributed by atoms with Gasteiger partial charge in [-0.3, -0.25) is 9.59 Å². The molecule has 0 radical (unpaired) electrons. The number of para-hydroxylation sites is 1. The van der Waals surface area contributed by atoms with E-state index in [1.54, 1.807) is 28.8 Å². The van der Waals surface area contributed by atoms with Crippen LogP contribution in [0.25, 0.3) is 5.70 Å². The van der Waals surface area contributed by atoms with E-state index in [1.807, 2.05) is 64.4 Å². The summed E-state index contributed by atoms with van der Waals surface area (Å²) in [5.41, 5.74) is 6.44. The van der Waals surface area contributed by atoms with Crippen LogP contribution in [0.5, 0.6) is 0 Å². The fraction of sp³-hybridized carbons (Fsp3) is 0.160. The summed E-state index contributed by atoms with van der Waals surface area (Å²) >= 11 is 0. The molecule has 1 aliphatic rings. The van der Waals surface area contributed by atoms with Crippen LogP contribution in [0.15, 0.2) is 66.6 Å². The van der Waals surface area contributed by atoms with Gasteiger partial charge in [0.2, 0.25) is 5.78 Å². The Morgan fingerprint density at radius 2 is 1.28 bits per heavy atom. The van der Waals surface area contributed by atoms with Crippen molar-refractivity contribution in [3.05, 3.63) is 100 Å². The molecule has 1 aromatic heterocycles. The van der Waals surface area contributed by atoms with E-state index < -0.39 is 0 Å². The molecule has 0 atom stereocenters. The van der Waals surface area contributed by atoms with Gasteiger partial charge in [-0.25, -0.2) is 0 Å². The van der Waals surface area contributed by atoms with Gasteiger partial charge in [-0.1, -0.05) is 42.5 Å². The van der Waals surface area contributed by atoms with Gasteiger partial charge in [0, 0.05) is 27.9 Å². The maximum Gasteiger partial charge on any atom is 0.286 e. The van der Waals surface area contributed by atoms with Crippen molar-refractivity contribution in [2.24, 2.45) is 0 Å². The van der Waals surface area contributed by atoms with Crippen LogP contribution in [0, 0.1) is 27.7 Å². The van der Waals surface area contributed by atoms with Gasteiger partial charge in [-0.2, -0.15) is 4.57 Å². The van der Waals surface area contributed by atoms with E-state index in [1.165, 1.54) is 0 Å². The average molecular weight is 383 g/mol. The molecule has 2 aromatic carbocycles. The quantitative estimate of drug-likeness (QED) is 0.674. The number of aromatic nitrogens is 1. The lowest BCUT2D eigenvalue weighted by Gasteiger charge is -2.20. The lowest BCUT2D eigenvalue weighted by Crippen LogP contribution is -2.42. The van der Waals surface area contributed by atoms with E-state index in [0.29, 0.717) is 22.5 Å². The second-order valence-corrected chi connectivity index (χ2v) is 7.62. The summed E-state index contributed by atoms with van der Waals surface area (Å²) in [7, 11) is 0. The molecule has 0 saturated carbocycles. The largest absolute Gasteiger partial charge is 0.346 e. The highest BCUT2D eigenvalue weighted by molar-refractivity contribution is 6.36. The Morgan fingerprint density at radius 1 is 0.724 bits per heavy atom. The van der Waals surface area contributed by atoms with E-state index >= 15 is 0 Å². The fourth-order valence-electron chi connectivity index (χ4n) is 3.90. The topological polar surface area (TPSA) is 50.1 Å². The standard InChI is InChI=1S/C25H22N2O2/c1-15-12-16(2)14-27(13-15)23-22(26-21-17(3)8-7-9-18(21)4)24(28)19-10-5-6-11-20(19)25(23)29/h5-14H,1-4H3/p+1. The number of anilines is 1. The van der Waals surface area contributed by atoms with E-state index in [2.05, 4.69) is 5.32 Å².